The number of halogens is 1. The van der Waals surface area contributed by atoms with Crippen LogP contribution in [0.4, 0.5) is 4.39 Å². The minimum Gasteiger partial charge on any atom is -0.494 e. The Morgan fingerprint density at radius 3 is 2.59 bits per heavy atom. The van der Waals surface area contributed by atoms with E-state index in [2.05, 4.69) is 14.8 Å². The van der Waals surface area contributed by atoms with Gasteiger partial charge in [0.15, 0.2) is 11.6 Å². The van der Waals surface area contributed by atoms with Gasteiger partial charge in [-0.15, -0.1) is 10.2 Å². The summed E-state index contributed by atoms with van der Waals surface area (Å²) in [5.41, 5.74) is 0.640. The maximum atomic E-state index is 13.9. The summed E-state index contributed by atoms with van der Waals surface area (Å²) >= 11 is 0. The topological polar surface area (TPSA) is 60.2 Å². The van der Waals surface area contributed by atoms with Crippen LogP contribution in [-0.2, 0) is 13.0 Å². The second kappa shape index (κ2) is 6.94. The van der Waals surface area contributed by atoms with Gasteiger partial charge in [0.1, 0.15) is 11.6 Å². The molecule has 3 heterocycles. The van der Waals surface area contributed by atoms with Crippen molar-refractivity contribution >= 4 is 5.91 Å². The summed E-state index contributed by atoms with van der Waals surface area (Å²) < 4.78 is 21.1. The van der Waals surface area contributed by atoms with Gasteiger partial charge in [0.2, 0.25) is 0 Å². The van der Waals surface area contributed by atoms with E-state index in [0.29, 0.717) is 18.7 Å². The van der Waals surface area contributed by atoms with Gasteiger partial charge in [-0.25, -0.2) is 4.39 Å². The van der Waals surface area contributed by atoms with E-state index >= 15 is 0 Å². The fourth-order valence-electron chi connectivity index (χ4n) is 4.42. The second-order valence-electron chi connectivity index (χ2n) is 7.71. The molecule has 7 heteroatoms. The van der Waals surface area contributed by atoms with E-state index in [-0.39, 0.29) is 17.1 Å². The van der Waals surface area contributed by atoms with Crippen molar-refractivity contribution in [2.45, 2.75) is 45.6 Å². The predicted octanol–water partition coefficient (Wildman–Crippen LogP) is 2.99. The molecule has 6 nitrogen and oxygen atoms in total. The summed E-state index contributed by atoms with van der Waals surface area (Å²) in [5, 5.41) is 8.48. The van der Waals surface area contributed by atoms with Gasteiger partial charge in [-0.1, -0.05) is 0 Å². The average Bonchev–Trinajstić information content (AvgIpc) is 2.94. The van der Waals surface area contributed by atoms with Crippen LogP contribution in [0.2, 0.25) is 0 Å². The molecule has 4 rings (SSSR count). The molecule has 1 fully saturated rings. The highest BCUT2D eigenvalue weighted by atomic mass is 19.1. The number of likely N-dealkylation sites (tertiary alicyclic amines) is 1. The van der Waals surface area contributed by atoms with E-state index in [9.17, 15) is 9.18 Å². The molecular formula is C20H25FN4O2. The Bertz CT molecular complexity index is 856. The van der Waals surface area contributed by atoms with Crippen molar-refractivity contribution in [3.8, 4) is 5.75 Å². The molecule has 0 bridgehead atoms. The van der Waals surface area contributed by atoms with Crippen LogP contribution >= 0.6 is 0 Å². The number of carbonyl (C=O) groups is 1. The summed E-state index contributed by atoms with van der Waals surface area (Å²) in [5.74, 6) is 1.62. The quantitative estimate of drug-likeness (QED) is 0.813. The van der Waals surface area contributed by atoms with Crippen molar-refractivity contribution in [2.75, 3.05) is 20.2 Å². The van der Waals surface area contributed by atoms with Crippen LogP contribution in [0.15, 0.2) is 18.2 Å². The first-order valence-corrected chi connectivity index (χ1v) is 9.53. The zero-order valence-corrected chi connectivity index (χ0v) is 15.9. The largest absolute Gasteiger partial charge is 0.494 e. The Morgan fingerprint density at radius 2 is 1.89 bits per heavy atom. The van der Waals surface area contributed by atoms with Gasteiger partial charge >= 0.3 is 0 Å². The number of rotatable bonds is 2. The van der Waals surface area contributed by atoms with Crippen molar-refractivity contribution in [2.24, 2.45) is 5.41 Å². The number of fused-ring (bicyclic) bond motifs is 1. The maximum Gasteiger partial charge on any atom is 0.253 e. The van der Waals surface area contributed by atoms with Crippen molar-refractivity contribution in [1.29, 1.82) is 0 Å². The molecule has 0 aliphatic carbocycles. The number of methoxy groups -OCH3 is 1. The second-order valence-corrected chi connectivity index (χ2v) is 7.71. The standard InChI is InChI=1S/C20H25FN4O2/c1-14-22-23-18-5-6-20(9-12-25(14)18)7-10-24(11-8-20)19(26)15-3-4-17(27-2)16(21)13-15/h3-4,13H,5-12H2,1-2H3. The van der Waals surface area contributed by atoms with Gasteiger partial charge in [0.25, 0.3) is 5.91 Å². The molecule has 1 spiro atoms. The third-order valence-corrected chi connectivity index (χ3v) is 6.27. The molecule has 0 radical (unpaired) electrons. The number of amides is 1. The number of benzene rings is 1. The highest BCUT2D eigenvalue weighted by Crippen LogP contribution is 2.41. The lowest BCUT2D eigenvalue weighted by molar-refractivity contribution is 0.0535. The fourth-order valence-corrected chi connectivity index (χ4v) is 4.42. The monoisotopic (exact) mass is 372 g/mol. The summed E-state index contributed by atoms with van der Waals surface area (Å²) in [4.78, 5) is 14.6. The van der Waals surface area contributed by atoms with Gasteiger partial charge in [-0.3, -0.25) is 4.79 Å². The summed E-state index contributed by atoms with van der Waals surface area (Å²) in [6, 6.07) is 4.41. The van der Waals surface area contributed by atoms with Crippen molar-refractivity contribution in [3.63, 3.8) is 0 Å². The van der Waals surface area contributed by atoms with E-state index in [0.717, 1.165) is 50.3 Å². The number of hydrogen-bond donors (Lipinski definition) is 0. The molecule has 1 aromatic carbocycles. The van der Waals surface area contributed by atoms with E-state index in [1.807, 2.05) is 11.8 Å². The lowest BCUT2D eigenvalue weighted by Gasteiger charge is -2.41. The van der Waals surface area contributed by atoms with Crippen molar-refractivity contribution < 1.29 is 13.9 Å². The van der Waals surface area contributed by atoms with Crippen LogP contribution in [0.5, 0.6) is 5.75 Å². The van der Waals surface area contributed by atoms with Gasteiger partial charge in [0.05, 0.1) is 7.11 Å². The van der Waals surface area contributed by atoms with E-state index < -0.39 is 5.82 Å². The number of ether oxygens (including phenoxy) is 1. The number of piperidine rings is 1. The molecule has 0 saturated carbocycles. The van der Waals surface area contributed by atoms with Gasteiger partial charge in [-0.2, -0.15) is 0 Å². The Labute approximate surface area is 158 Å². The third kappa shape index (κ3) is 3.31. The van der Waals surface area contributed by atoms with Gasteiger partial charge in [-0.05, 0) is 56.2 Å². The van der Waals surface area contributed by atoms with Gasteiger partial charge < -0.3 is 14.2 Å². The maximum absolute atomic E-state index is 13.9. The highest BCUT2D eigenvalue weighted by Gasteiger charge is 2.37. The minimum absolute atomic E-state index is 0.104. The Morgan fingerprint density at radius 1 is 1.15 bits per heavy atom. The number of aryl methyl sites for hydroxylation is 2. The number of carbonyl (C=O) groups excluding carboxylic acids is 1. The SMILES string of the molecule is COc1ccc(C(=O)N2CCC3(CCc4nnc(C)n4CC3)CC2)cc1F. The fraction of sp³-hybridized carbons (Fsp3) is 0.550. The lowest BCUT2D eigenvalue weighted by Crippen LogP contribution is -2.43. The molecule has 1 amide bonds. The third-order valence-electron chi connectivity index (χ3n) is 6.27. The smallest absolute Gasteiger partial charge is 0.253 e. The molecule has 2 aliphatic rings. The van der Waals surface area contributed by atoms with Crippen LogP contribution in [0.1, 0.15) is 47.7 Å². The molecule has 0 atom stereocenters. The van der Waals surface area contributed by atoms with E-state index in [1.165, 1.54) is 19.2 Å². The molecule has 2 aromatic rings. The molecule has 0 unspecified atom stereocenters. The van der Waals surface area contributed by atoms with Crippen LogP contribution in [0.25, 0.3) is 0 Å². The predicted molar refractivity (Wildman–Crippen MR) is 98.2 cm³/mol. The summed E-state index contributed by atoms with van der Waals surface area (Å²) in [6.45, 7) is 4.38. The van der Waals surface area contributed by atoms with Crippen molar-refractivity contribution in [3.05, 3.63) is 41.2 Å². The molecular weight excluding hydrogens is 347 g/mol. The Balaban J connectivity index is 1.41. The molecule has 27 heavy (non-hydrogen) atoms. The highest BCUT2D eigenvalue weighted by molar-refractivity contribution is 5.94. The molecule has 144 valence electrons. The van der Waals surface area contributed by atoms with Crippen molar-refractivity contribution in [1.82, 2.24) is 19.7 Å². The normalized spacial score (nSPS) is 18.9. The number of aromatic nitrogens is 3. The van der Waals surface area contributed by atoms with E-state index in [4.69, 9.17) is 4.74 Å². The Kier molecular flexibility index (Phi) is 4.61. The minimum atomic E-state index is -0.501. The average molecular weight is 372 g/mol. The first kappa shape index (κ1) is 17.9. The first-order chi connectivity index (χ1) is 13.0. The zero-order chi connectivity index (χ0) is 19.0. The van der Waals surface area contributed by atoms with Crippen LogP contribution in [0, 0.1) is 18.2 Å². The van der Waals surface area contributed by atoms with Crippen LogP contribution in [0.3, 0.4) is 0 Å². The van der Waals surface area contributed by atoms with E-state index in [1.54, 1.807) is 6.07 Å². The summed E-state index contributed by atoms with van der Waals surface area (Å²) in [6.07, 6.45) is 5.09. The zero-order valence-electron chi connectivity index (χ0n) is 15.9. The first-order valence-electron chi connectivity index (χ1n) is 9.53. The molecule has 1 saturated heterocycles. The van der Waals surface area contributed by atoms with Crippen LogP contribution in [-0.4, -0.2) is 45.8 Å². The number of nitrogens with zero attached hydrogens (tertiary/aromatic N) is 4. The molecule has 0 N–H and O–H groups in total. The van der Waals surface area contributed by atoms with Crippen LogP contribution < -0.4 is 4.74 Å². The molecule has 2 aliphatic heterocycles. The van der Waals surface area contributed by atoms with Gasteiger partial charge in [0, 0.05) is 31.6 Å². The molecule has 1 aromatic heterocycles. The lowest BCUT2D eigenvalue weighted by atomic mass is 9.72. The Hall–Kier alpha value is -2.44. The summed E-state index contributed by atoms with van der Waals surface area (Å²) in [7, 11) is 1.42. The number of hydrogen-bond acceptors (Lipinski definition) is 4.